The van der Waals surface area contributed by atoms with Crippen LogP contribution < -0.4 is 5.73 Å². The fraction of sp³-hybridized carbons (Fsp3) is 0.933. The average molecular weight is 250 g/mol. The van der Waals surface area contributed by atoms with Crippen molar-refractivity contribution < 1.29 is 4.79 Å². The van der Waals surface area contributed by atoms with Gasteiger partial charge in [-0.15, -0.1) is 0 Å². The van der Waals surface area contributed by atoms with Crippen molar-refractivity contribution in [3.8, 4) is 0 Å². The lowest BCUT2D eigenvalue weighted by Gasteiger charge is -2.35. The first-order valence-corrected chi connectivity index (χ1v) is 7.58. The molecule has 3 fully saturated rings. The number of amides is 1. The molecule has 0 aromatic rings. The van der Waals surface area contributed by atoms with E-state index >= 15 is 0 Å². The molecule has 1 heterocycles. The van der Waals surface area contributed by atoms with E-state index in [1.807, 2.05) is 0 Å². The van der Waals surface area contributed by atoms with E-state index < -0.39 is 0 Å². The molecule has 1 amide bonds. The number of rotatable bonds is 2. The van der Waals surface area contributed by atoms with Crippen molar-refractivity contribution in [1.29, 1.82) is 0 Å². The van der Waals surface area contributed by atoms with E-state index in [0.29, 0.717) is 23.3 Å². The van der Waals surface area contributed by atoms with Crippen LogP contribution in [0.15, 0.2) is 0 Å². The zero-order chi connectivity index (χ0) is 12.9. The number of carbonyl (C=O) groups excluding carboxylic acids is 1. The topological polar surface area (TPSA) is 46.3 Å². The molecule has 1 aliphatic heterocycles. The Labute approximate surface area is 110 Å². The van der Waals surface area contributed by atoms with Crippen LogP contribution in [0.3, 0.4) is 0 Å². The number of piperidine rings is 1. The second-order valence-corrected chi connectivity index (χ2v) is 7.14. The molecule has 3 rings (SSSR count). The van der Waals surface area contributed by atoms with Crippen LogP contribution in [0.2, 0.25) is 0 Å². The summed E-state index contributed by atoms with van der Waals surface area (Å²) in [5.74, 6) is 1.15. The molecule has 2 aliphatic carbocycles. The smallest absolute Gasteiger partial charge is 0.235 e. The van der Waals surface area contributed by atoms with Crippen molar-refractivity contribution in [1.82, 2.24) is 4.90 Å². The van der Waals surface area contributed by atoms with Gasteiger partial charge in [0, 0.05) is 12.6 Å². The molecule has 0 unspecified atom stereocenters. The molecular weight excluding hydrogens is 224 g/mol. The minimum Gasteiger partial charge on any atom is -0.368 e. The maximum absolute atomic E-state index is 11.8. The predicted octanol–water partition coefficient (Wildman–Crippen LogP) is 2.15. The lowest BCUT2D eigenvalue weighted by atomic mass is 9.97. The quantitative estimate of drug-likeness (QED) is 0.763. The molecule has 0 radical (unpaired) electrons. The zero-order valence-corrected chi connectivity index (χ0v) is 11.7. The number of nitrogens with two attached hydrogens (primary N) is 1. The van der Waals surface area contributed by atoms with E-state index in [1.54, 1.807) is 0 Å². The van der Waals surface area contributed by atoms with Crippen molar-refractivity contribution in [3.05, 3.63) is 0 Å². The highest BCUT2D eigenvalue weighted by molar-refractivity contribution is 5.81. The molecule has 0 bridgehead atoms. The fourth-order valence-corrected chi connectivity index (χ4v) is 4.62. The van der Waals surface area contributed by atoms with Gasteiger partial charge in [0.05, 0.1) is 6.04 Å². The summed E-state index contributed by atoms with van der Waals surface area (Å²) < 4.78 is 0. The molecule has 102 valence electrons. The Morgan fingerprint density at radius 3 is 2.33 bits per heavy atom. The van der Waals surface area contributed by atoms with Gasteiger partial charge < -0.3 is 5.73 Å². The van der Waals surface area contributed by atoms with Gasteiger partial charge >= 0.3 is 0 Å². The summed E-state index contributed by atoms with van der Waals surface area (Å²) in [6.45, 7) is 5.70. The van der Waals surface area contributed by atoms with E-state index in [9.17, 15) is 4.79 Å². The van der Waals surface area contributed by atoms with Gasteiger partial charge in [0.1, 0.15) is 0 Å². The van der Waals surface area contributed by atoms with Crippen molar-refractivity contribution in [2.45, 2.75) is 64.5 Å². The summed E-state index contributed by atoms with van der Waals surface area (Å²) in [6, 6.07) is 0.640. The number of hydrogen-bond acceptors (Lipinski definition) is 2. The molecular formula is C15H26N2O. The average Bonchev–Trinajstić information content (AvgIpc) is 2.70. The van der Waals surface area contributed by atoms with E-state index in [4.69, 9.17) is 5.73 Å². The van der Waals surface area contributed by atoms with Gasteiger partial charge in [-0.05, 0) is 30.1 Å². The molecule has 2 saturated carbocycles. The summed E-state index contributed by atoms with van der Waals surface area (Å²) >= 11 is 0. The van der Waals surface area contributed by atoms with Crippen LogP contribution in [0.5, 0.6) is 0 Å². The highest BCUT2D eigenvalue weighted by atomic mass is 16.1. The number of fused-ring (bicyclic) bond motifs is 1. The molecule has 3 nitrogen and oxygen atoms in total. The summed E-state index contributed by atoms with van der Waals surface area (Å²) in [5.41, 5.74) is 6.04. The van der Waals surface area contributed by atoms with Gasteiger partial charge in [0.15, 0.2) is 0 Å². The summed E-state index contributed by atoms with van der Waals surface area (Å²) in [6.07, 6.45) is 7.91. The monoisotopic (exact) mass is 250 g/mol. The Hall–Kier alpha value is -0.570. The second kappa shape index (κ2) is 4.22. The molecule has 3 atom stereocenters. The molecule has 3 aliphatic rings. The van der Waals surface area contributed by atoms with Gasteiger partial charge in [-0.2, -0.15) is 0 Å². The van der Waals surface area contributed by atoms with E-state index in [2.05, 4.69) is 18.7 Å². The predicted molar refractivity (Wildman–Crippen MR) is 71.9 cm³/mol. The van der Waals surface area contributed by atoms with Crippen LogP contribution >= 0.6 is 0 Å². The lowest BCUT2D eigenvalue weighted by Crippen LogP contribution is -2.49. The third-order valence-electron chi connectivity index (χ3n) is 5.83. The second-order valence-electron chi connectivity index (χ2n) is 7.14. The van der Waals surface area contributed by atoms with Gasteiger partial charge in [-0.3, -0.25) is 9.69 Å². The van der Waals surface area contributed by atoms with Crippen molar-refractivity contribution in [3.63, 3.8) is 0 Å². The lowest BCUT2D eigenvalue weighted by molar-refractivity contribution is -0.124. The van der Waals surface area contributed by atoms with Gasteiger partial charge in [-0.1, -0.05) is 39.5 Å². The van der Waals surface area contributed by atoms with Gasteiger partial charge in [-0.25, -0.2) is 0 Å². The number of primary amides is 1. The van der Waals surface area contributed by atoms with Gasteiger partial charge in [0.25, 0.3) is 0 Å². The molecule has 0 aromatic heterocycles. The number of carbonyl (C=O) groups is 1. The first-order valence-electron chi connectivity index (χ1n) is 7.58. The molecule has 18 heavy (non-hydrogen) atoms. The zero-order valence-electron chi connectivity index (χ0n) is 11.7. The molecule has 3 heteroatoms. The fourth-order valence-electron chi connectivity index (χ4n) is 4.62. The maximum Gasteiger partial charge on any atom is 0.235 e. The number of hydrogen-bond donors (Lipinski definition) is 1. The standard InChI is InChI=1S/C15H26N2O/c1-15(2)11-9-17(13(12(11)15)14(16)18)10-7-5-3-4-6-8-10/h10-13H,3-9H2,1-2H3,(H2,16,18)/t11-,12-,13-/m0/s1. The molecule has 2 N–H and O–H groups in total. The number of nitrogens with zero attached hydrogens (tertiary/aromatic N) is 1. The first kappa shape index (κ1) is 12.5. The Balaban J connectivity index is 1.75. The van der Waals surface area contributed by atoms with Gasteiger partial charge in [0.2, 0.25) is 5.91 Å². The first-order chi connectivity index (χ1) is 8.53. The maximum atomic E-state index is 11.8. The Morgan fingerprint density at radius 1 is 1.17 bits per heavy atom. The van der Waals surface area contributed by atoms with Crippen LogP contribution in [0.25, 0.3) is 0 Å². The SMILES string of the molecule is CC1(C)[C@@H]2[C@@H](C(N)=O)N(C3CCCCCC3)C[C@@H]21. The van der Waals surface area contributed by atoms with Crippen molar-refractivity contribution in [2.24, 2.45) is 23.0 Å². The van der Waals surface area contributed by atoms with E-state index in [1.165, 1.54) is 38.5 Å². The Morgan fingerprint density at radius 2 is 1.78 bits per heavy atom. The van der Waals surface area contributed by atoms with Crippen LogP contribution in [-0.4, -0.2) is 29.4 Å². The summed E-state index contributed by atoms with van der Waals surface area (Å²) in [7, 11) is 0. The summed E-state index contributed by atoms with van der Waals surface area (Å²) in [4.78, 5) is 14.3. The van der Waals surface area contributed by atoms with E-state index in [-0.39, 0.29) is 11.9 Å². The highest BCUT2D eigenvalue weighted by Crippen LogP contribution is 2.65. The summed E-state index contributed by atoms with van der Waals surface area (Å²) in [5, 5.41) is 0. The number of likely N-dealkylation sites (tertiary alicyclic amines) is 1. The third-order valence-corrected chi connectivity index (χ3v) is 5.83. The van der Waals surface area contributed by atoms with Crippen molar-refractivity contribution >= 4 is 5.91 Å². The molecule has 0 spiro atoms. The van der Waals surface area contributed by atoms with Crippen molar-refractivity contribution in [2.75, 3.05) is 6.54 Å². The minimum absolute atomic E-state index is 0.0214. The molecule has 0 aromatic carbocycles. The third kappa shape index (κ3) is 1.78. The van der Waals surface area contributed by atoms with Crippen LogP contribution in [0, 0.1) is 17.3 Å². The minimum atomic E-state index is -0.0858. The Kier molecular flexibility index (Phi) is 2.92. The largest absolute Gasteiger partial charge is 0.368 e. The molecule has 1 saturated heterocycles. The van der Waals surface area contributed by atoms with Crippen LogP contribution in [-0.2, 0) is 4.79 Å². The van der Waals surface area contributed by atoms with E-state index in [0.717, 1.165) is 6.54 Å². The Bertz CT molecular complexity index is 344. The van der Waals surface area contributed by atoms with Crippen LogP contribution in [0.1, 0.15) is 52.4 Å². The van der Waals surface area contributed by atoms with Crippen LogP contribution in [0.4, 0.5) is 0 Å². The highest BCUT2D eigenvalue weighted by Gasteiger charge is 2.68. The normalized spacial score (nSPS) is 40.2.